The highest BCUT2D eigenvalue weighted by Gasteiger charge is 2.39. The normalized spacial score (nSPS) is 18.6. The first-order chi connectivity index (χ1) is 16.3. The second-order valence-corrected chi connectivity index (χ2v) is 8.38. The van der Waals surface area contributed by atoms with Gasteiger partial charge in [0, 0.05) is 19.5 Å². The van der Waals surface area contributed by atoms with E-state index in [1.54, 1.807) is 0 Å². The van der Waals surface area contributed by atoms with Gasteiger partial charge in [-0.15, -0.1) is 0 Å². The molecular weight excluding hydrogens is 464 g/mol. The van der Waals surface area contributed by atoms with Crippen LogP contribution in [-0.4, -0.2) is 94.0 Å². The first-order valence-electron chi connectivity index (χ1n) is 11.3. The summed E-state index contributed by atoms with van der Waals surface area (Å²) in [6.45, 7) is 1.66. The van der Waals surface area contributed by atoms with E-state index >= 15 is 0 Å². The number of nitrogens with two attached hydrogens (primary N) is 4. The minimum Gasteiger partial charge on any atom is -0.480 e. The lowest BCUT2D eigenvalue weighted by Gasteiger charge is -2.30. The topological polar surface area (TPSA) is 270 Å². The van der Waals surface area contributed by atoms with Gasteiger partial charge in [0.2, 0.25) is 23.6 Å². The van der Waals surface area contributed by atoms with Crippen molar-refractivity contribution in [1.29, 1.82) is 0 Å². The van der Waals surface area contributed by atoms with Crippen molar-refractivity contribution in [3.63, 3.8) is 0 Å². The van der Waals surface area contributed by atoms with Crippen LogP contribution in [0.25, 0.3) is 0 Å². The highest BCUT2D eigenvalue weighted by molar-refractivity contribution is 5.94. The van der Waals surface area contributed by atoms with Gasteiger partial charge in [-0.05, 0) is 39.0 Å². The molecule has 0 saturated carbocycles. The Kier molecular flexibility index (Phi) is 11.9. The van der Waals surface area contributed by atoms with Crippen LogP contribution in [0.5, 0.6) is 0 Å². The van der Waals surface area contributed by atoms with E-state index in [-0.39, 0.29) is 44.7 Å². The number of hydrogen-bond acceptors (Lipinski definition) is 8. The average Bonchev–Trinajstić information content (AvgIpc) is 3.26. The SMILES string of the molecule is CC(O)C(NC(=O)C1CCCN1C(=O)C(CCC(N)=O)NC(=O)C(N)CCCN=C(N)N)C(=O)O. The molecule has 1 aliphatic rings. The Bertz CT molecular complexity index is 815. The van der Waals surface area contributed by atoms with Gasteiger partial charge in [0.1, 0.15) is 12.1 Å². The summed E-state index contributed by atoms with van der Waals surface area (Å²) in [7, 11) is 0. The Hall–Kier alpha value is -3.46. The molecule has 15 heteroatoms. The summed E-state index contributed by atoms with van der Waals surface area (Å²) in [5.74, 6) is -4.22. The van der Waals surface area contributed by atoms with Crippen LogP contribution in [0, 0.1) is 0 Å². The van der Waals surface area contributed by atoms with E-state index < -0.39 is 59.9 Å². The maximum Gasteiger partial charge on any atom is 0.328 e. The van der Waals surface area contributed by atoms with E-state index in [4.69, 9.17) is 22.9 Å². The lowest BCUT2D eigenvalue weighted by atomic mass is 10.1. The van der Waals surface area contributed by atoms with E-state index in [0.717, 1.165) is 0 Å². The standard InChI is InChI=1S/C20H36N8O7/c1-10(29)15(19(34)35)27-17(32)13-5-3-9-28(13)18(33)12(6-7-14(22)30)26-16(31)11(21)4-2-8-25-20(23)24/h10-13,15,29H,2-9,21H2,1H3,(H2,22,30)(H,26,31)(H,27,32)(H,34,35)(H4,23,24,25). The summed E-state index contributed by atoms with van der Waals surface area (Å²) < 4.78 is 0. The third kappa shape index (κ3) is 9.74. The molecular formula is C20H36N8O7. The molecule has 5 unspecified atom stereocenters. The van der Waals surface area contributed by atoms with E-state index in [1.807, 2.05) is 0 Å². The number of nitrogens with zero attached hydrogens (tertiary/aromatic N) is 2. The highest BCUT2D eigenvalue weighted by Crippen LogP contribution is 2.20. The van der Waals surface area contributed by atoms with Gasteiger partial charge in [-0.1, -0.05) is 0 Å². The number of carbonyl (C=O) groups excluding carboxylic acids is 4. The van der Waals surface area contributed by atoms with E-state index in [2.05, 4.69) is 15.6 Å². The Balaban J connectivity index is 2.91. The number of primary amides is 1. The van der Waals surface area contributed by atoms with Crippen molar-refractivity contribution in [1.82, 2.24) is 15.5 Å². The first kappa shape index (κ1) is 29.6. The van der Waals surface area contributed by atoms with Gasteiger partial charge in [0.25, 0.3) is 0 Å². The predicted molar refractivity (Wildman–Crippen MR) is 124 cm³/mol. The summed E-state index contributed by atoms with van der Waals surface area (Å²) in [6, 6.07) is -4.72. The molecule has 15 nitrogen and oxygen atoms in total. The number of aliphatic carboxylic acids is 1. The quantitative estimate of drug-likeness (QED) is 0.0651. The minimum absolute atomic E-state index is 0.0903. The molecule has 0 radical (unpaired) electrons. The predicted octanol–water partition coefficient (Wildman–Crippen LogP) is -3.94. The molecule has 1 aliphatic heterocycles. The van der Waals surface area contributed by atoms with Gasteiger partial charge in [0.15, 0.2) is 12.0 Å². The smallest absolute Gasteiger partial charge is 0.328 e. The molecule has 12 N–H and O–H groups in total. The molecule has 0 bridgehead atoms. The Labute approximate surface area is 202 Å². The summed E-state index contributed by atoms with van der Waals surface area (Å²) in [6.07, 6.45) is -0.334. The summed E-state index contributed by atoms with van der Waals surface area (Å²) >= 11 is 0. The third-order valence-electron chi connectivity index (χ3n) is 5.48. The first-order valence-corrected chi connectivity index (χ1v) is 11.3. The van der Waals surface area contributed by atoms with Crippen LogP contribution in [0.3, 0.4) is 0 Å². The minimum atomic E-state index is -1.55. The summed E-state index contributed by atoms with van der Waals surface area (Å²) in [5, 5.41) is 23.6. The van der Waals surface area contributed by atoms with Crippen LogP contribution in [-0.2, 0) is 24.0 Å². The number of guanidine groups is 1. The molecule has 1 fully saturated rings. The van der Waals surface area contributed by atoms with Gasteiger partial charge in [-0.2, -0.15) is 0 Å². The number of likely N-dealkylation sites (tertiary alicyclic amines) is 1. The number of carboxylic acid groups (broad SMARTS) is 1. The Morgan fingerprint density at radius 1 is 1.11 bits per heavy atom. The molecule has 0 aromatic rings. The molecule has 0 aromatic heterocycles. The van der Waals surface area contributed by atoms with Crippen molar-refractivity contribution in [2.45, 2.75) is 75.7 Å². The van der Waals surface area contributed by atoms with Crippen LogP contribution in [0.15, 0.2) is 4.99 Å². The zero-order chi connectivity index (χ0) is 26.7. The lowest BCUT2D eigenvalue weighted by Crippen LogP contribution is -2.58. The van der Waals surface area contributed by atoms with Crippen LogP contribution < -0.4 is 33.6 Å². The van der Waals surface area contributed by atoms with Crippen molar-refractivity contribution < 1.29 is 34.2 Å². The maximum absolute atomic E-state index is 13.2. The second kappa shape index (κ2) is 14.1. The molecule has 5 atom stereocenters. The van der Waals surface area contributed by atoms with Gasteiger partial charge in [0.05, 0.1) is 12.1 Å². The molecule has 0 aromatic carbocycles. The number of aliphatic imine (C=N–C) groups is 1. The fourth-order valence-electron chi connectivity index (χ4n) is 3.61. The second-order valence-electron chi connectivity index (χ2n) is 8.38. The largest absolute Gasteiger partial charge is 0.480 e. The zero-order valence-electron chi connectivity index (χ0n) is 19.7. The van der Waals surface area contributed by atoms with Crippen molar-refractivity contribution >= 4 is 35.6 Å². The van der Waals surface area contributed by atoms with Crippen LogP contribution >= 0.6 is 0 Å². The van der Waals surface area contributed by atoms with Crippen LogP contribution in [0.4, 0.5) is 0 Å². The molecule has 4 amide bonds. The van der Waals surface area contributed by atoms with Gasteiger partial charge < -0.3 is 48.7 Å². The van der Waals surface area contributed by atoms with Crippen molar-refractivity contribution in [2.75, 3.05) is 13.1 Å². The van der Waals surface area contributed by atoms with Crippen LogP contribution in [0.1, 0.15) is 45.4 Å². The number of aliphatic hydroxyl groups excluding tert-OH is 1. The van der Waals surface area contributed by atoms with E-state index in [9.17, 15) is 34.2 Å². The molecule has 1 rings (SSSR count). The molecule has 1 saturated heterocycles. The number of carboxylic acids is 1. The van der Waals surface area contributed by atoms with E-state index in [1.165, 1.54) is 11.8 Å². The van der Waals surface area contributed by atoms with Crippen molar-refractivity contribution in [3.8, 4) is 0 Å². The number of nitrogens with one attached hydrogen (secondary N) is 2. The molecule has 0 aliphatic carbocycles. The Morgan fingerprint density at radius 3 is 2.31 bits per heavy atom. The van der Waals surface area contributed by atoms with Crippen molar-refractivity contribution in [2.24, 2.45) is 27.9 Å². The lowest BCUT2D eigenvalue weighted by molar-refractivity contribution is -0.147. The Morgan fingerprint density at radius 2 is 1.77 bits per heavy atom. The molecule has 1 heterocycles. The highest BCUT2D eigenvalue weighted by atomic mass is 16.4. The van der Waals surface area contributed by atoms with Gasteiger partial charge >= 0.3 is 5.97 Å². The number of rotatable bonds is 14. The van der Waals surface area contributed by atoms with Crippen molar-refractivity contribution in [3.05, 3.63) is 0 Å². The fourth-order valence-corrected chi connectivity index (χ4v) is 3.61. The average molecular weight is 501 g/mol. The fraction of sp³-hybridized carbons (Fsp3) is 0.700. The molecule has 35 heavy (non-hydrogen) atoms. The monoisotopic (exact) mass is 500 g/mol. The number of carbonyl (C=O) groups is 5. The summed E-state index contributed by atoms with van der Waals surface area (Å²) in [5.41, 5.74) is 21.6. The zero-order valence-corrected chi connectivity index (χ0v) is 19.7. The molecule has 0 spiro atoms. The summed E-state index contributed by atoms with van der Waals surface area (Å²) in [4.78, 5) is 66.1. The van der Waals surface area contributed by atoms with E-state index in [0.29, 0.717) is 12.8 Å². The number of hydrogen-bond donors (Lipinski definition) is 8. The number of aliphatic hydroxyl groups is 1. The van der Waals surface area contributed by atoms with Crippen LogP contribution in [0.2, 0.25) is 0 Å². The van der Waals surface area contributed by atoms with Gasteiger partial charge in [-0.3, -0.25) is 24.2 Å². The van der Waals surface area contributed by atoms with Gasteiger partial charge in [-0.25, -0.2) is 4.79 Å². The maximum atomic E-state index is 13.2. The molecule has 198 valence electrons. The third-order valence-corrected chi connectivity index (χ3v) is 5.48. The number of amides is 4.